The Balaban J connectivity index is 1.51. The van der Waals surface area contributed by atoms with Crippen LogP contribution in [-0.4, -0.2) is 49.2 Å². The van der Waals surface area contributed by atoms with Crippen LogP contribution >= 0.6 is 11.8 Å². The van der Waals surface area contributed by atoms with E-state index in [1.807, 2.05) is 30.3 Å². The smallest absolute Gasteiger partial charge is 0.277 e. The largest absolute Gasteiger partial charge is 0.411 e. The molecule has 0 N–H and O–H groups in total. The molecule has 28 heavy (non-hydrogen) atoms. The lowest BCUT2D eigenvalue weighted by molar-refractivity contribution is 0.0730. The number of nitrogens with zero attached hydrogens (tertiary/aromatic N) is 3. The van der Waals surface area contributed by atoms with E-state index in [9.17, 15) is 8.42 Å². The highest BCUT2D eigenvalue weighted by atomic mass is 32.2. The third-order valence-electron chi connectivity index (χ3n) is 4.30. The zero-order valence-corrected chi connectivity index (χ0v) is 16.7. The van der Waals surface area contributed by atoms with Crippen LogP contribution in [0.3, 0.4) is 0 Å². The molecule has 0 unspecified atom stereocenters. The molecule has 0 bridgehead atoms. The topological polar surface area (TPSA) is 85.5 Å². The minimum absolute atomic E-state index is 0.212. The van der Waals surface area contributed by atoms with E-state index < -0.39 is 10.0 Å². The Morgan fingerprint density at radius 1 is 1.00 bits per heavy atom. The van der Waals surface area contributed by atoms with Crippen LogP contribution in [0.15, 0.2) is 69.1 Å². The van der Waals surface area contributed by atoms with E-state index in [0.29, 0.717) is 48.7 Å². The molecule has 0 atom stereocenters. The molecule has 0 amide bonds. The molecule has 146 valence electrons. The van der Waals surface area contributed by atoms with E-state index >= 15 is 0 Å². The number of hydrogen-bond acceptors (Lipinski definition) is 7. The highest BCUT2D eigenvalue weighted by Crippen LogP contribution is 2.27. The van der Waals surface area contributed by atoms with Gasteiger partial charge >= 0.3 is 0 Å². The van der Waals surface area contributed by atoms with Crippen molar-refractivity contribution in [2.75, 3.05) is 26.3 Å². The number of hydrogen-bond donors (Lipinski definition) is 0. The molecule has 0 saturated carbocycles. The van der Waals surface area contributed by atoms with E-state index in [0.717, 1.165) is 5.56 Å². The first-order valence-corrected chi connectivity index (χ1v) is 11.2. The van der Waals surface area contributed by atoms with Crippen molar-refractivity contribution in [2.24, 2.45) is 0 Å². The fourth-order valence-corrected chi connectivity index (χ4v) is 5.00. The Bertz CT molecular complexity index is 1030. The molecule has 9 heteroatoms. The summed E-state index contributed by atoms with van der Waals surface area (Å²) in [6, 6.07) is 16.6. The molecular formula is C19H19N3O4S2. The van der Waals surface area contributed by atoms with Crippen molar-refractivity contribution in [3.8, 4) is 11.5 Å². The second kappa shape index (κ2) is 8.44. The summed E-state index contributed by atoms with van der Waals surface area (Å²) in [5.74, 6) is 1.02. The minimum atomic E-state index is -3.57. The van der Waals surface area contributed by atoms with Gasteiger partial charge in [-0.15, -0.1) is 10.2 Å². The molecular weight excluding hydrogens is 398 g/mol. The molecule has 4 rings (SSSR count). The third-order valence-corrected chi connectivity index (χ3v) is 7.08. The number of benzene rings is 2. The summed E-state index contributed by atoms with van der Waals surface area (Å²) >= 11 is 1.44. The number of rotatable bonds is 6. The summed E-state index contributed by atoms with van der Waals surface area (Å²) in [4.78, 5) is 0.212. The molecule has 1 aliphatic heterocycles. The monoisotopic (exact) mass is 417 g/mol. The first-order valence-electron chi connectivity index (χ1n) is 8.81. The van der Waals surface area contributed by atoms with E-state index in [-0.39, 0.29) is 4.90 Å². The van der Waals surface area contributed by atoms with Crippen molar-refractivity contribution in [1.29, 1.82) is 0 Å². The summed E-state index contributed by atoms with van der Waals surface area (Å²) in [6.07, 6.45) is 0. The maximum absolute atomic E-state index is 12.8. The van der Waals surface area contributed by atoms with Gasteiger partial charge in [0.1, 0.15) is 0 Å². The molecule has 1 aromatic heterocycles. The Morgan fingerprint density at radius 2 is 1.79 bits per heavy atom. The third kappa shape index (κ3) is 4.27. The highest BCUT2D eigenvalue weighted by Gasteiger charge is 2.26. The van der Waals surface area contributed by atoms with Gasteiger partial charge in [0.15, 0.2) is 0 Å². The van der Waals surface area contributed by atoms with Gasteiger partial charge in [-0.2, -0.15) is 4.31 Å². The number of morpholine rings is 1. The Kier molecular flexibility index (Phi) is 5.77. The Morgan fingerprint density at radius 3 is 2.57 bits per heavy atom. The van der Waals surface area contributed by atoms with E-state index in [2.05, 4.69) is 10.2 Å². The van der Waals surface area contributed by atoms with Gasteiger partial charge in [0.05, 0.1) is 18.1 Å². The lowest BCUT2D eigenvalue weighted by Gasteiger charge is -2.26. The predicted molar refractivity (Wildman–Crippen MR) is 105 cm³/mol. The maximum Gasteiger partial charge on any atom is 0.277 e. The summed E-state index contributed by atoms with van der Waals surface area (Å²) in [6.45, 7) is 1.52. The fraction of sp³-hybridized carbons (Fsp3) is 0.263. The van der Waals surface area contributed by atoms with Crippen molar-refractivity contribution in [3.63, 3.8) is 0 Å². The lowest BCUT2D eigenvalue weighted by Crippen LogP contribution is -2.40. The number of aromatic nitrogens is 2. The van der Waals surface area contributed by atoms with Crippen LogP contribution in [0.5, 0.6) is 0 Å². The molecule has 1 aliphatic rings. The zero-order valence-electron chi connectivity index (χ0n) is 15.0. The summed E-state index contributed by atoms with van der Waals surface area (Å²) in [5.41, 5.74) is 1.74. The average Bonchev–Trinajstić information content (AvgIpc) is 3.23. The zero-order chi connectivity index (χ0) is 19.4. The van der Waals surface area contributed by atoms with Crippen molar-refractivity contribution >= 4 is 21.8 Å². The Hall–Kier alpha value is -2.20. The van der Waals surface area contributed by atoms with Gasteiger partial charge in [-0.1, -0.05) is 48.2 Å². The SMILES string of the molecule is O=S(=O)(c1cccc(-c2nnc(SCc3ccccc3)o2)c1)N1CCOCC1. The number of ether oxygens (including phenoxy) is 1. The van der Waals surface area contributed by atoms with Crippen LogP contribution in [0.1, 0.15) is 5.56 Å². The van der Waals surface area contributed by atoms with E-state index in [1.165, 1.54) is 16.1 Å². The summed E-state index contributed by atoms with van der Waals surface area (Å²) in [5, 5.41) is 8.57. The van der Waals surface area contributed by atoms with Gasteiger partial charge in [-0.05, 0) is 23.8 Å². The molecule has 0 aliphatic carbocycles. The van der Waals surface area contributed by atoms with E-state index in [4.69, 9.17) is 9.15 Å². The van der Waals surface area contributed by atoms with Crippen molar-refractivity contribution < 1.29 is 17.6 Å². The van der Waals surface area contributed by atoms with Gasteiger partial charge in [0.2, 0.25) is 15.9 Å². The van der Waals surface area contributed by atoms with Crippen LogP contribution in [0.25, 0.3) is 11.5 Å². The summed E-state index contributed by atoms with van der Waals surface area (Å²) < 4.78 is 38.1. The highest BCUT2D eigenvalue weighted by molar-refractivity contribution is 7.98. The van der Waals surface area contributed by atoms with Gasteiger partial charge in [-0.25, -0.2) is 8.42 Å². The molecule has 0 radical (unpaired) electrons. The molecule has 3 aromatic rings. The number of thioether (sulfide) groups is 1. The van der Waals surface area contributed by atoms with Gasteiger partial charge in [0, 0.05) is 24.4 Å². The van der Waals surface area contributed by atoms with Crippen molar-refractivity contribution in [2.45, 2.75) is 15.9 Å². The first-order chi connectivity index (χ1) is 13.6. The minimum Gasteiger partial charge on any atom is -0.411 e. The van der Waals surface area contributed by atoms with Gasteiger partial charge in [0.25, 0.3) is 5.22 Å². The first kappa shape index (κ1) is 19.1. The molecule has 7 nitrogen and oxygen atoms in total. The van der Waals surface area contributed by atoms with Crippen molar-refractivity contribution in [3.05, 3.63) is 60.2 Å². The lowest BCUT2D eigenvalue weighted by atomic mass is 10.2. The van der Waals surface area contributed by atoms with Crippen molar-refractivity contribution in [1.82, 2.24) is 14.5 Å². The standard InChI is InChI=1S/C19H19N3O4S2/c23-28(24,22-9-11-25-12-10-22)17-8-4-7-16(13-17)18-20-21-19(26-18)27-14-15-5-2-1-3-6-15/h1-8,13H,9-12,14H2. The fourth-order valence-electron chi connectivity index (χ4n) is 2.83. The molecule has 0 spiro atoms. The molecule has 1 fully saturated rings. The number of sulfonamides is 1. The molecule has 1 saturated heterocycles. The maximum atomic E-state index is 12.8. The second-order valence-corrected chi connectivity index (χ2v) is 9.06. The van der Waals surface area contributed by atoms with Crippen LogP contribution in [0.2, 0.25) is 0 Å². The second-order valence-electron chi connectivity index (χ2n) is 6.19. The van der Waals surface area contributed by atoms with Crippen LogP contribution in [-0.2, 0) is 20.5 Å². The Labute approximate surface area is 167 Å². The molecule has 2 aromatic carbocycles. The average molecular weight is 418 g/mol. The summed E-state index contributed by atoms with van der Waals surface area (Å²) in [7, 11) is -3.57. The molecule has 2 heterocycles. The van der Waals surface area contributed by atoms with Crippen LogP contribution in [0, 0.1) is 0 Å². The van der Waals surface area contributed by atoms with E-state index in [1.54, 1.807) is 24.3 Å². The normalized spacial score (nSPS) is 15.6. The van der Waals surface area contributed by atoms with Gasteiger partial charge < -0.3 is 9.15 Å². The quantitative estimate of drug-likeness (QED) is 0.570. The van der Waals surface area contributed by atoms with Crippen LogP contribution < -0.4 is 0 Å². The van der Waals surface area contributed by atoms with Gasteiger partial charge in [-0.3, -0.25) is 0 Å². The van der Waals surface area contributed by atoms with Crippen LogP contribution in [0.4, 0.5) is 0 Å². The predicted octanol–water partition coefficient (Wildman–Crippen LogP) is 3.05.